The van der Waals surface area contributed by atoms with Crippen molar-refractivity contribution >= 4 is 11.9 Å². The van der Waals surface area contributed by atoms with E-state index in [0.717, 1.165) is 38.6 Å². The molecule has 0 radical (unpaired) electrons. The van der Waals surface area contributed by atoms with E-state index in [9.17, 15) is 9.90 Å². The summed E-state index contributed by atoms with van der Waals surface area (Å²) in [7, 11) is 3.82. The molecule has 5 nitrogen and oxygen atoms in total. The van der Waals surface area contributed by atoms with Gasteiger partial charge in [0.15, 0.2) is 6.54 Å². The van der Waals surface area contributed by atoms with Crippen molar-refractivity contribution in [1.29, 1.82) is 0 Å². The maximum Gasteiger partial charge on any atom is 0.359 e. The first-order chi connectivity index (χ1) is 14.3. The highest BCUT2D eigenvalue weighted by molar-refractivity contribution is 5.74. The van der Waals surface area contributed by atoms with Crippen molar-refractivity contribution in [2.75, 3.05) is 33.7 Å². The second-order valence-electron chi connectivity index (χ2n) is 9.59. The average molecular weight is 427 g/mol. The van der Waals surface area contributed by atoms with Crippen LogP contribution in [0.3, 0.4) is 0 Å². The molecule has 0 aliphatic rings. The summed E-state index contributed by atoms with van der Waals surface area (Å²) >= 11 is 0. The summed E-state index contributed by atoms with van der Waals surface area (Å²) < 4.78 is 0.429. The fourth-order valence-electron chi connectivity index (χ4n) is 4.00. The zero-order chi connectivity index (χ0) is 22.7. The van der Waals surface area contributed by atoms with Crippen LogP contribution in [0, 0.1) is 5.92 Å². The van der Waals surface area contributed by atoms with Crippen LogP contribution in [0.5, 0.6) is 0 Å². The predicted octanol–water partition coefficient (Wildman–Crippen LogP) is 5.41. The number of carboxylic acids is 1. The lowest BCUT2D eigenvalue weighted by atomic mass is 9.94. The maximum atomic E-state index is 12.7. The van der Waals surface area contributed by atoms with Gasteiger partial charge in [-0.1, -0.05) is 90.9 Å². The van der Waals surface area contributed by atoms with Crippen molar-refractivity contribution in [3.8, 4) is 0 Å². The van der Waals surface area contributed by atoms with E-state index in [1.54, 1.807) is 0 Å². The third-order valence-corrected chi connectivity index (χ3v) is 5.91. The number of nitrogens with zero attached hydrogens (tertiary/aromatic N) is 2. The molecule has 0 aromatic rings. The van der Waals surface area contributed by atoms with E-state index >= 15 is 0 Å². The topological polar surface area (TPSA) is 72.7 Å². The molecule has 0 amide bonds. The lowest BCUT2D eigenvalue weighted by Crippen LogP contribution is -2.44. The van der Waals surface area contributed by atoms with Crippen molar-refractivity contribution in [1.82, 2.24) is 0 Å². The molecule has 178 valence electrons. The fourth-order valence-corrected chi connectivity index (χ4v) is 4.00. The van der Waals surface area contributed by atoms with Gasteiger partial charge in [-0.25, -0.2) is 4.79 Å². The number of unbranched alkanes of at least 4 members (excludes halogenated alkanes) is 10. The van der Waals surface area contributed by atoms with Gasteiger partial charge >= 0.3 is 5.97 Å². The molecule has 1 atom stereocenters. The Bertz CT molecular complexity index is 450. The van der Waals surface area contributed by atoms with Crippen LogP contribution in [0.25, 0.3) is 0 Å². The molecule has 0 saturated carbocycles. The Kier molecular flexibility index (Phi) is 18.0. The van der Waals surface area contributed by atoms with Gasteiger partial charge in [-0.15, -0.1) is 0 Å². The minimum absolute atomic E-state index is 0.0833. The quantitative estimate of drug-likeness (QED) is 0.115. The third kappa shape index (κ3) is 17.7. The molecule has 5 heteroatoms. The van der Waals surface area contributed by atoms with Crippen LogP contribution in [0.2, 0.25) is 0 Å². The van der Waals surface area contributed by atoms with Gasteiger partial charge < -0.3 is 19.7 Å². The number of aliphatic carboxylic acids is 1. The van der Waals surface area contributed by atoms with Gasteiger partial charge in [0.1, 0.15) is 0 Å². The lowest BCUT2D eigenvalue weighted by Gasteiger charge is -2.28. The molecule has 1 N–H and O–H groups in total. The molecule has 0 spiro atoms. The van der Waals surface area contributed by atoms with Gasteiger partial charge in [-0.2, -0.15) is 0 Å². The molecular formula is C25H50N2O3. The monoisotopic (exact) mass is 426 g/mol. The summed E-state index contributed by atoms with van der Waals surface area (Å²) in [5.74, 6) is -0.616. The summed E-state index contributed by atoms with van der Waals surface area (Å²) in [4.78, 5) is 15.3. The second-order valence-corrected chi connectivity index (χ2v) is 9.59. The number of carbonyl (C=O) groups is 1. The van der Waals surface area contributed by atoms with Gasteiger partial charge in [-0.3, -0.25) is 0 Å². The Morgan fingerprint density at radius 3 is 1.77 bits per heavy atom. The van der Waals surface area contributed by atoms with E-state index in [2.05, 4.69) is 18.8 Å². The highest BCUT2D eigenvalue weighted by atomic mass is 16.4. The summed E-state index contributed by atoms with van der Waals surface area (Å²) in [5, 5.41) is 21.7. The Morgan fingerprint density at radius 1 is 0.833 bits per heavy atom. The number of carboxylic acid groups (broad SMARTS) is 1. The van der Waals surface area contributed by atoms with Crippen LogP contribution in [0.1, 0.15) is 110 Å². The summed E-state index contributed by atoms with van der Waals surface area (Å²) in [6.45, 7) is 5.81. The first kappa shape index (κ1) is 28.9. The summed E-state index contributed by atoms with van der Waals surface area (Å²) in [5.41, 5.74) is 0. The number of hydrogen-bond donors (Lipinski definition) is 1. The normalized spacial score (nSPS) is 13.5. The smallest absolute Gasteiger partial charge is 0.359 e. The lowest BCUT2D eigenvalue weighted by molar-refractivity contribution is -0.883. The standard InChI is InChI=1S/C25H50N2O3/c1-5-7-9-11-12-14-16-19-23(18-15-13-10-8-6-2)25(30)26-20-17-21-27(3,4)22-24(28)29/h23H,5-22H2,1-4H3,(H-,26,28,29,30). The van der Waals surface area contributed by atoms with Crippen molar-refractivity contribution in [2.45, 2.75) is 110 Å². The van der Waals surface area contributed by atoms with E-state index in [1.807, 2.05) is 14.1 Å². The van der Waals surface area contributed by atoms with E-state index in [4.69, 9.17) is 5.11 Å². The molecule has 0 aliphatic heterocycles. The molecular weight excluding hydrogens is 376 g/mol. The zero-order valence-corrected chi connectivity index (χ0v) is 20.5. The maximum absolute atomic E-state index is 12.7. The van der Waals surface area contributed by atoms with Gasteiger partial charge in [0.05, 0.1) is 20.6 Å². The first-order valence-corrected chi connectivity index (χ1v) is 12.6. The fraction of sp³-hybridized carbons (Fsp3) is 0.920. The van der Waals surface area contributed by atoms with Crippen molar-refractivity contribution in [3.05, 3.63) is 0 Å². The Morgan fingerprint density at radius 2 is 1.30 bits per heavy atom. The molecule has 30 heavy (non-hydrogen) atoms. The van der Waals surface area contributed by atoms with Gasteiger partial charge in [0, 0.05) is 13.0 Å². The largest absolute Gasteiger partial charge is 0.862 e. The number of likely N-dealkylation sites (N-methyl/N-ethyl adjacent to an activating group) is 1. The van der Waals surface area contributed by atoms with Crippen LogP contribution in [0.4, 0.5) is 0 Å². The summed E-state index contributed by atoms with van der Waals surface area (Å²) in [6, 6.07) is 0. The Hall–Kier alpha value is -1.10. The molecule has 0 rings (SSSR count). The van der Waals surface area contributed by atoms with Crippen molar-refractivity contribution in [3.63, 3.8) is 0 Å². The minimum atomic E-state index is -0.786. The molecule has 0 bridgehead atoms. The molecule has 0 aliphatic carbocycles. The highest BCUT2D eigenvalue weighted by Gasteiger charge is 2.18. The van der Waals surface area contributed by atoms with Crippen LogP contribution < -0.4 is 5.11 Å². The van der Waals surface area contributed by atoms with E-state index in [1.165, 1.54) is 64.2 Å². The van der Waals surface area contributed by atoms with Crippen LogP contribution in [-0.4, -0.2) is 55.2 Å². The summed E-state index contributed by atoms with van der Waals surface area (Å²) in [6.07, 6.45) is 17.8. The van der Waals surface area contributed by atoms with E-state index in [-0.39, 0.29) is 18.4 Å². The number of quaternary nitrogens is 1. The van der Waals surface area contributed by atoms with E-state index < -0.39 is 5.97 Å². The second kappa shape index (κ2) is 18.7. The molecule has 1 unspecified atom stereocenters. The highest BCUT2D eigenvalue weighted by Crippen LogP contribution is 2.19. The number of hydrogen-bond acceptors (Lipinski definition) is 3. The number of aliphatic imine (C=N–C) groups is 1. The van der Waals surface area contributed by atoms with Crippen LogP contribution >= 0.6 is 0 Å². The molecule has 0 fully saturated rings. The van der Waals surface area contributed by atoms with Gasteiger partial charge in [0.25, 0.3) is 0 Å². The Balaban J connectivity index is 4.39. The molecule has 0 heterocycles. The minimum Gasteiger partial charge on any atom is -0.862 e. The van der Waals surface area contributed by atoms with E-state index in [0.29, 0.717) is 11.0 Å². The van der Waals surface area contributed by atoms with Crippen LogP contribution in [-0.2, 0) is 4.79 Å². The van der Waals surface area contributed by atoms with Gasteiger partial charge in [-0.05, 0) is 24.7 Å². The third-order valence-electron chi connectivity index (χ3n) is 5.91. The predicted molar refractivity (Wildman–Crippen MR) is 126 cm³/mol. The van der Waals surface area contributed by atoms with Crippen LogP contribution in [0.15, 0.2) is 4.99 Å². The molecule has 0 aromatic carbocycles. The van der Waals surface area contributed by atoms with Gasteiger partial charge in [0.2, 0.25) is 0 Å². The van der Waals surface area contributed by atoms with Crippen molar-refractivity contribution in [2.24, 2.45) is 10.9 Å². The average Bonchev–Trinajstić information content (AvgIpc) is 2.67. The molecule has 0 saturated heterocycles. The zero-order valence-electron chi connectivity index (χ0n) is 20.5. The SMILES string of the molecule is CCCCCCCCCC(CCCCCCC)C([O-])=NCCC[N+](C)(C)CC(=O)O. The number of rotatable bonds is 21. The Labute approximate surface area is 186 Å². The molecule has 0 aromatic heterocycles. The van der Waals surface area contributed by atoms with Crippen molar-refractivity contribution < 1.29 is 19.5 Å². The first-order valence-electron chi connectivity index (χ1n) is 12.6.